The standard InChI is InChI=1S/C17H16ClFN2O3/c1-10(2)21(14-5-3-11(19)9-12(14)18)17(22)13-4-6-15-16(20-13)24-8-7-23-15/h3-6,9-10H,7-8H2,1-2H3. The summed E-state index contributed by atoms with van der Waals surface area (Å²) < 4.78 is 24.1. The number of benzene rings is 1. The van der Waals surface area contributed by atoms with Crippen molar-refractivity contribution in [2.75, 3.05) is 18.1 Å². The third-order valence-corrected chi connectivity index (χ3v) is 3.83. The van der Waals surface area contributed by atoms with E-state index in [1.165, 1.54) is 23.1 Å². The Labute approximate surface area is 144 Å². The lowest BCUT2D eigenvalue weighted by molar-refractivity contribution is 0.0972. The minimum Gasteiger partial charge on any atom is -0.484 e. The summed E-state index contributed by atoms with van der Waals surface area (Å²) in [5.74, 6) is -0.0115. The molecule has 0 fully saturated rings. The summed E-state index contributed by atoms with van der Waals surface area (Å²) in [7, 11) is 0. The first-order chi connectivity index (χ1) is 11.5. The van der Waals surface area contributed by atoms with Gasteiger partial charge in [-0.15, -0.1) is 0 Å². The second-order valence-corrected chi connectivity index (χ2v) is 5.97. The average Bonchev–Trinajstić information content (AvgIpc) is 2.56. The van der Waals surface area contributed by atoms with Crippen molar-refractivity contribution >= 4 is 23.2 Å². The number of rotatable bonds is 3. The molecule has 0 unspecified atom stereocenters. The largest absolute Gasteiger partial charge is 0.484 e. The number of pyridine rings is 1. The summed E-state index contributed by atoms with van der Waals surface area (Å²) in [5.41, 5.74) is 0.628. The summed E-state index contributed by atoms with van der Waals surface area (Å²) >= 11 is 6.12. The molecule has 0 bridgehead atoms. The smallest absolute Gasteiger partial charge is 0.277 e. The topological polar surface area (TPSA) is 51.7 Å². The third kappa shape index (κ3) is 3.14. The summed E-state index contributed by atoms with van der Waals surface area (Å²) in [5, 5.41) is 0.162. The fourth-order valence-electron chi connectivity index (χ4n) is 2.47. The van der Waals surface area contributed by atoms with Gasteiger partial charge in [0.2, 0.25) is 0 Å². The molecule has 7 heteroatoms. The van der Waals surface area contributed by atoms with Crippen molar-refractivity contribution in [1.29, 1.82) is 0 Å². The second kappa shape index (κ2) is 6.65. The Bertz CT molecular complexity index is 782. The summed E-state index contributed by atoms with van der Waals surface area (Å²) in [6, 6.07) is 6.95. The van der Waals surface area contributed by atoms with E-state index in [1.807, 2.05) is 13.8 Å². The van der Waals surface area contributed by atoms with Crippen molar-refractivity contribution in [3.05, 3.63) is 46.9 Å². The first-order valence-electron chi connectivity index (χ1n) is 7.52. The lowest BCUT2D eigenvalue weighted by Crippen LogP contribution is -2.38. The zero-order valence-electron chi connectivity index (χ0n) is 13.3. The summed E-state index contributed by atoms with van der Waals surface area (Å²) in [6.07, 6.45) is 0. The van der Waals surface area contributed by atoms with Crippen LogP contribution in [-0.4, -0.2) is 30.1 Å². The van der Waals surface area contributed by atoms with E-state index < -0.39 is 5.82 Å². The van der Waals surface area contributed by atoms with Crippen LogP contribution in [-0.2, 0) is 0 Å². The van der Waals surface area contributed by atoms with Gasteiger partial charge in [-0.05, 0) is 44.2 Å². The van der Waals surface area contributed by atoms with Gasteiger partial charge in [0.25, 0.3) is 11.8 Å². The average molecular weight is 351 g/mol. The molecule has 1 aromatic heterocycles. The van der Waals surface area contributed by atoms with E-state index in [4.69, 9.17) is 21.1 Å². The molecule has 0 N–H and O–H groups in total. The number of anilines is 1. The Morgan fingerprint density at radius 2 is 2.00 bits per heavy atom. The van der Waals surface area contributed by atoms with Crippen LogP contribution in [0.2, 0.25) is 5.02 Å². The maximum atomic E-state index is 13.3. The van der Waals surface area contributed by atoms with Crippen LogP contribution in [0.15, 0.2) is 30.3 Å². The fourth-order valence-corrected chi connectivity index (χ4v) is 2.73. The fraction of sp³-hybridized carbons (Fsp3) is 0.294. The van der Waals surface area contributed by atoms with Crippen LogP contribution in [0.5, 0.6) is 11.6 Å². The van der Waals surface area contributed by atoms with E-state index in [1.54, 1.807) is 12.1 Å². The molecule has 24 heavy (non-hydrogen) atoms. The van der Waals surface area contributed by atoms with E-state index in [2.05, 4.69) is 4.98 Å². The van der Waals surface area contributed by atoms with Crippen molar-refractivity contribution in [3.8, 4) is 11.6 Å². The Kier molecular flexibility index (Phi) is 4.57. The number of carbonyl (C=O) groups excluding carboxylic acids is 1. The molecule has 0 spiro atoms. The molecule has 1 aromatic carbocycles. The maximum Gasteiger partial charge on any atom is 0.277 e. The number of nitrogens with zero attached hydrogens (tertiary/aromatic N) is 2. The Morgan fingerprint density at radius 3 is 2.71 bits per heavy atom. The number of hydrogen-bond donors (Lipinski definition) is 0. The van der Waals surface area contributed by atoms with Gasteiger partial charge >= 0.3 is 0 Å². The highest BCUT2D eigenvalue weighted by Crippen LogP contribution is 2.31. The van der Waals surface area contributed by atoms with Crippen LogP contribution >= 0.6 is 11.6 Å². The zero-order valence-corrected chi connectivity index (χ0v) is 14.0. The van der Waals surface area contributed by atoms with Crippen LogP contribution in [0.1, 0.15) is 24.3 Å². The van der Waals surface area contributed by atoms with Gasteiger partial charge in [0.15, 0.2) is 5.75 Å². The molecular weight excluding hydrogens is 335 g/mol. The van der Waals surface area contributed by atoms with Gasteiger partial charge in [-0.25, -0.2) is 9.37 Å². The molecule has 0 radical (unpaired) electrons. The van der Waals surface area contributed by atoms with Crippen LogP contribution in [0, 0.1) is 5.82 Å². The highest BCUT2D eigenvalue weighted by atomic mass is 35.5. The van der Waals surface area contributed by atoms with E-state index in [9.17, 15) is 9.18 Å². The van der Waals surface area contributed by atoms with Crippen LogP contribution in [0.25, 0.3) is 0 Å². The van der Waals surface area contributed by atoms with Gasteiger partial charge < -0.3 is 14.4 Å². The van der Waals surface area contributed by atoms with Crippen molar-refractivity contribution in [3.63, 3.8) is 0 Å². The monoisotopic (exact) mass is 350 g/mol. The normalized spacial score (nSPS) is 13.0. The highest BCUT2D eigenvalue weighted by molar-refractivity contribution is 6.34. The van der Waals surface area contributed by atoms with Crippen LogP contribution in [0.4, 0.5) is 10.1 Å². The van der Waals surface area contributed by atoms with Crippen LogP contribution in [0.3, 0.4) is 0 Å². The summed E-state index contributed by atoms with van der Waals surface area (Å²) in [6.45, 7) is 4.52. The van der Waals surface area contributed by atoms with Gasteiger partial charge in [-0.1, -0.05) is 11.6 Å². The van der Waals surface area contributed by atoms with Gasteiger partial charge in [-0.3, -0.25) is 4.79 Å². The van der Waals surface area contributed by atoms with Gasteiger partial charge in [-0.2, -0.15) is 0 Å². The maximum absolute atomic E-state index is 13.3. The molecular formula is C17H16ClFN2O3. The number of ether oxygens (including phenoxy) is 2. The quantitative estimate of drug-likeness (QED) is 0.847. The van der Waals surface area contributed by atoms with E-state index in [-0.39, 0.29) is 22.7 Å². The predicted molar refractivity (Wildman–Crippen MR) is 88.6 cm³/mol. The van der Waals surface area contributed by atoms with Crippen molar-refractivity contribution in [2.24, 2.45) is 0 Å². The Hall–Kier alpha value is -2.34. The lowest BCUT2D eigenvalue weighted by atomic mass is 10.2. The minimum absolute atomic E-state index is 0.162. The third-order valence-electron chi connectivity index (χ3n) is 3.53. The first kappa shape index (κ1) is 16.5. The van der Waals surface area contributed by atoms with Crippen LogP contribution < -0.4 is 14.4 Å². The summed E-state index contributed by atoms with van der Waals surface area (Å²) in [4.78, 5) is 18.6. The number of fused-ring (bicyclic) bond motifs is 1. The SMILES string of the molecule is CC(C)N(C(=O)c1ccc2c(n1)OCCO2)c1ccc(F)cc1Cl. The molecule has 0 atom stereocenters. The number of amides is 1. The molecule has 1 aliphatic heterocycles. The van der Waals surface area contributed by atoms with E-state index >= 15 is 0 Å². The Balaban J connectivity index is 1.98. The Morgan fingerprint density at radius 1 is 1.25 bits per heavy atom. The van der Waals surface area contributed by atoms with Crippen molar-refractivity contribution < 1.29 is 18.7 Å². The minimum atomic E-state index is -0.461. The van der Waals surface area contributed by atoms with E-state index in [0.29, 0.717) is 30.5 Å². The predicted octanol–water partition coefficient (Wildman–Crippen LogP) is 3.70. The molecule has 1 aliphatic rings. The molecule has 2 heterocycles. The number of aromatic nitrogens is 1. The van der Waals surface area contributed by atoms with E-state index in [0.717, 1.165) is 0 Å². The zero-order chi connectivity index (χ0) is 17.3. The number of hydrogen-bond acceptors (Lipinski definition) is 4. The highest BCUT2D eigenvalue weighted by Gasteiger charge is 2.26. The van der Waals surface area contributed by atoms with Gasteiger partial charge in [0, 0.05) is 6.04 Å². The van der Waals surface area contributed by atoms with Crippen molar-refractivity contribution in [1.82, 2.24) is 4.98 Å². The molecule has 126 valence electrons. The van der Waals surface area contributed by atoms with Gasteiger partial charge in [0.05, 0.1) is 10.7 Å². The molecule has 5 nitrogen and oxygen atoms in total. The number of halogens is 2. The van der Waals surface area contributed by atoms with Gasteiger partial charge in [0.1, 0.15) is 24.7 Å². The van der Waals surface area contributed by atoms with Crippen molar-refractivity contribution in [2.45, 2.75) is 19.9 Å². The molecule has 2 aromatic rings. The molecule has 1 amide bonds. The molecule has 0 saturated heterocycles. The first-order valence-corrected chi connectivity index (χ1v) is 7.90. The molecule has 0 aliphatic carbocycles. The molecule has 0 saturated carbocycles. The second-order valence-electron chi connectivity index (χ2n) is 5.56. The lowest BCUT2D eigenvalue weighted by Gasteiger charge is -2.28. The molecule has 3 rings (SSSR count). The number of carbonyl (C=O) groups is 1.